The van der Waals surface area contributed by atoms with Crippen LogP contribution in [0.15, 0.2) is 46.9 Å². The molecule has 0 aliphatic rings. The molecule has 2 rings (SSSR count). The fourth-order valence-corrected chi connectivity index (χ4v) is 2.01. The summed E-state index contributed by atoms with van der Waals surface area (Å²) in [6.07, 6.45) is -4.76. The van der Waals surface area contributed by atoms with Crippen LogP contribution in [0.2, 0.25) is 0 Å². The molecule has 2 aromatic carbocycles. The highest BCUT2D eigenvalue weighted by atomic mass is 79.9. The van der Waals surface area contributed by atoms with Gasteiger partial charge in [0.1, 0.15) is 23.9 Å². The quantitative estimate of drug-likeness (QED) is 0.705. The van der Waals surface area contributed by atoms with Crippen molar-refractivity contribution < 1.29 is 27.0 Å². The molecule has 0 atom stereocenters. The van der Waals surface area contributed by atoms with E-state index in [2.05, 4.69) is 20.7 Å². The van der Waals surface area contributed by atoms with Crippen molar-refractivity contribution in [3.05, 3.63) is 58.3 Å². The summed E-state index contributed by atoms with van der Waals surface area (Å²) in [6, 6.07) is 9.67. The molecule has 0 heterocycles. The normalized spacial score (nSPS) is 11.3. The van der Waals surface area contributed by atoms with Crippen LogP contribution in [-0.2, 0) is 6.61 Å². The lowest BCUT2D eigenvalue weighted by molar-refractivity contribution is -0.274. The Balaban J connectivity index is 2.03. The summed E-state index contributed by atoms with van der Waals surface area (Å²) >= 11 is 2.97. The summed E-state index contributed by atoms with van der Waals surface area (Å²) in [6.45, 7) is 0.101. The lowest BCUT2D eigenvalue weighted by Gasteiger charge is -2.12. The fraction of sp³-hybridized carbons (Fsp3) is 0.143. The maximum atomic E-state index is 13.0. The van der Waals surface area contributed by atoms with Crippen LogP contribution in [0.5, 0.6) is 11.5 Å². The van der Waals surface area contributed by atoms with E-state index in [0.717, 1.165) is 6.07 Å². The molecule has 0 saturated carbocycles. The number of alkyl halides is 3. The van der Waals surface area contributed by atoms with E-state index < -0.39 is 6.36 Å². The fourth-order valence-electron chi connectivity index (χ4n) is 1.57. The second-order valence-electron chi connectivity index (χ2n) is 4.06. The smallest absolute Gasteiger partial charge is 0.489 e. The van der Waals surface area contributed by atoms with Gasteiger partial charge in [-0.25, -0.2) is 4.39 Å². The Kier molecular flexibility index (Phi) is 4.72. The van der Waals surface area contributed by atoms with E-state index in [1.54, 1.807) is 12.1 Å². The van der Waals surface area contributed by atoms with Crippen LogP contribution in [-0.4, -0.2) is 6.36 Å². The Morgan fingerprint density at radius 1 is 1.05 bits per heavy atom. The van der Waals surface area contributed by atoms with Crippen molar-refractivity contribution in [1.29, 1.82) is 0 Å². The summed E-state index contributed by atoms with van der Waals surface area (Å²) in [4.78, 5) is 0. The molecule has 0 fully saturated rings. The summed E-state index contributed by atoms with van der Waals surface area (Å²) in [5.41, 5.74) is 0.613. The summed E-state index contributed by atoms with van der Waals surface area (Å²) < 4.78 is 58.6. The molecule has 112 valence electrons. The van der Waals surface area contributed by atoms with Gasteiger partial charge in [0, 0.05) is 0 Å². The van der Waals surface area contributed by atoms with Crippen molar-refractivity contribution in [2.45, 2.75) is 13.0 Å². The molecular weight excluding hydrogens is 356 g/mol. The minimum absolute atomic E-state index is 0.101. The Morgan fingerprint density at radius 3 is 2.43 bits per heavy atom. The van der Waals surface area contributed by atoms with E-state index in [9.17, 15) is 17.6 Å². The molecule has 2 aromatic rings. The molecule has 0 bridgehead atoms. The highest BCUT2D eigenvalue weighted by Gasteiger charge is 2.31. The van der Waals surface area contributed by atoms with Gasteiger partial charge in [-0.05, 0) is 51.8 Å². The number of rotatable bonds is 4. The number of ether oxygens (including phenoxy) is 2. The third-order valence-electron chi connectivity index (χ3n) is 2.42. The van der Waals surface area contributed by atoms with Gasteiger partial charge in [-0.15, -0.1) is 13.2 Å². The summed E-state index contributed by atoms with van der Waals surface area (Å²) in [7, 11) is 0. The zero-order valence-corrected chi connectivity index (χ0v) is 12.0. The maximum Gasteiger partial charge on any atom is 0.573 e. The molecule has 21 heavy (non-hydrogen) atoms. The Hall–Kier alpha value is -1.76. The van der Waals surface area contributed by atoms with Gasteiger partial charge < -0.3 is 9.47 Å². The minimum atomic E-state index is -4.76. The first-order chi connectivity index (χ1) is 9.83. The number of halogens is 5. The van der Waals surface area contributed by atoms with Gasteiger partial charge in [0.05, 0.1) is 4.47 Å². The van der Waals surface area contributed by atoms with Crippen LogP contribution in [0.4, 0.5) is 17.6 Å². The van der Waals surface area contributed by atoms with E-state index >= 15 is 0 Å². The van der Waals surface area contributed by atoms with Crippen LogP contribution in [0.3, 0.4) is 0 Å². The minimum Gasteiger partial charge on any atom is -0.489 e. The Bertz CT molecular complexity index is 629. The van der Waals surface area contributed by atoms with Crippen molar-refractivity contribution in [3.63, 3.8) is 0 Å². The molecule has 0 amide bonds. The van der Waals surface area contributed by atoms with Crippen molar-refractivity contribution in [2.75, 3.05) is 0 Å². The molecule has 0 aliphatic carbocycles. The number of hydrogen-bond acceptors (Lipinski definition) is 2. The van der Waals surface area contributed by atoms with Gasteiger partial charge in [-0.3, -0.25) is 0 Å². The van der Waals surface area contributed by atoms with Crippen LogP contribution in [0, 0.1) is 5.82 Å². The average Bonchev–Trinajstić information content (AvgIpc) is 2.38. The van der Waals surface area contributed by atoms with Crippen LogP contribution >= 0.6 is 15.9 Å². The number of hydrogen-bond donors (Lipinski definition) is 0. The molecule has 0 aromatic heterocycles. The van der Waals surface area contributed by atoms with Crippen molar-refractivity contribution >= 4 is 15.9 Å². The molecular formula is C14H9BrF4O2. The molecule has 0 aliphatic heterocycles. The first kappa shape index (κ1) is 15.6. The van der Waals surface area contributed by atoms with Crippen LogP contribution in [0.25, 0.3) is 0 Å². The standard InChI is InChI=1S/C14H9BrF4O2/c15-12-7-11(4-5-13(12)21-14(17,18)19)20-8-9-2-1-3-10(16)6-9/h1-7H,8H2. The van der Waals surface area contributed by atoms with Crippen LogP contribution < -0.4 is 9.47 Å². The van der Waals surface area contributed by atoms with Gasteiger partial charge in [-0.2, -0.15) is 0 Å². The largest absolute Gasteiger partial charge is 0.573 e. The van der Waals surface area contributed by atoms with Gasteiger partial charge >= 0.3 is 6.36 Å². The van der Waals surface area contributed by atoms with Gasteiger partial charge in [-0.1, -0.05) is 12.1 Å². The second-order valence-corrected chi connectivity index (χ2v) is 4.91. The molecule has 0 saturated heterocycles. The van der Waals surface area contributed by atoms with E-state index in [1.165, 1.54) is 24.3 Å². The van der Waals surface area contributed by atoms with Crippen LogP contribution in [0.1, 0.15) is 5.56 Å². The SMILES string of the molecule is Fc1cccc(COc2ccc(OC(F)(F)F)c(Br)c2)c1. The third-order valence-corrected chi connectivity index (χ3v) is 3.04. The van der Waals surface area contributed by atoms with Crippen molar-refractivity contribution in [3.8, 4) is 11.5 Å². The van der Waals surface area contributed by atoms with Gasteiger partial charge in [0.2, 0.25) is 0 Å². The number of benzene rings is 2. The van der Waals surface area contributed by atoms with E-state index in [0.29, 0.717) is 11.3 Å². The monoisotopic (exact) mass is 364 g/mol. The molecule has 7 heteroatoms. The zero-order chi connectivity index (χ0) is 15.5. The molecule has 0 spiro atoms. The van der Waals surface area contributed by atoms with Crippen molar-refractivity contribution in [2.24, 2.45) is 0 Å². The van der Waals surface area contributed by atoms with E-state index in [4.69, 9.17) is 4.74 Å². The predicted molar refractivity (Wildman–Crippen MR) is 71.6 cm³/mol. The Labute approximate surface area is 126 Å². The second kappa shape index (κ2) is 6.34. The van der Waals surface area contributed by atoms with Crippen molar-refractivity contribution in [1.82, 2.24) is 0 Å². The highest BCUT2D eigenvalue weighted by molar-refractivity contribution is 9.10. The molecule has 2 nitrogen and oxygen atoms in total. The predicted octanol–water partition coefficient (Wildman–Crippen LogP) is 5.07. The molecule has 0 radical (unpaired) electrons. The molecule has 0 N–H and O–H groups in total. The average molecular weight is 365 g/mol. The lowest BCUT2D eigenvalue weighted by Crippen LogP contribution is -2.17. The first-order valence-corrected chi connectivity index (χ1v) is 6.55. The zero-order valence-electron chi connectivity index (χ0n) is 10.5. The highest BCUT2D eigenvalue weighted by Crippen LogP contribution is 2.33. The first-order valence-electron chi connectivity index (χ1n) is 5.76. The topological polar surface area (TPSA) is 18.5 Å². The van der Waals surface area contributed by atoms with Gasteiger partial charge in [0.25, 0.3) is 0 Å². The lowest BCUT2D eigenvalue weighted by atomic mass is 10.2. The van der Waals surface area contributed by atoms with E-state index in [-0.39, 0.29) is 22.6 Å². The van der Waals surface area contributed by atoms with E-state index in [1.807, 2.05) is 0 Å². The third kappa shape index (κ3) is 4.93. The van der Waals surface area contributed by atoms with Gasteiger partial charge in [0.15, 0.2) is 0 Å². The summed E-state index contributed by atoms with van der Waals surface area (Å²) in [5, 5.41) is 0. The Morgan fingerprint density at radius 2 is 1.81 bits per heavy atom. The molecule has 0 unspecified atom stereocenters. The summed E-state index contributed by atoms with van der Waals surface area (Å²) in [5.74, 6) is -0.410. The maximum absolute atomic E-state index is 13.0.